The van der Waals surface area contributed by atoms with Crippen molar-refractivity contribution in [1.29, 1.82) is 0 Å². The Labute approximate surface area is 177 Å². The maximum Gasteiger partial charge on any atom is 0.189 e. The molecule has 1 aliphatic heterocycles. The first kappa shape index (κ1) is 22.0. The average molecular weight is 411 g/mol. The van der Waals surface area contributed by atoms with Gasteiger partial charge in [-0.25, -0.2) is 0 Å². The zero-order valence-electron chi connectivity index (χ0n) is 17.6. The highest BCUT2D eigenvalue weighted by Crippen LogP contribution is 2.34. The minimum absolute atomic E-state index is 0.0470. The number of piperazine rings is 1. The lowest BCUT2D eigenvalue weighted by atomic mass is 10.0. The van der Waals surface area contributed by atoms with Gasteiger partial charge < -0.3 is 20.3 Å². The lowest BCUT2D eigenvalue weighted by Crippen LogP contribution is -2.51. The van der Waals surface area contributed by atoms with Crippen LogP contribution in [0.4, 0.5) is 0 Å². The second kappa shape index (κ2) is 10.4. The van der Waals surface area contributed by atoms with Crippen LogP contribution in [0.15, 0.2) is 42.5 Å². The smallest absolute Gasteiger partial charge is 0.189 e. The fraction of sp³-hybridized carbons (Fsp3) is 0.375. The van der Waals surface area contributed by atoms with E-state index in [0.29, 0.717) is 24.3 Å². The van der Waals surface area contributed by atoms with Gasteiger partial charge in [-0.15, -0.1) is 0 Å². The van der Waals surface area contributed by atoms with Crippen molar-refractivity contribution < 1.29 is 19.7 Å². The number of hydrogen-bond donors (Lipinski definition) is 3. The molecule has 2 aromatic carbocycles. The van der Waals surface area contributed by atoms with Crippen LogP contribution in [0.3, 0.4) is 0 Å². The average Bonchev–Trinajstić information content (AvgIpc) is 2.76. The van der Waals surface area contributed by atoms with E-state index in [1.807, 2.05) is 31.2 Å². The third-order valence-corrected chi connectivity index (χ3v) is 5.53. The predicted octanol–water partition coefficient (Wildman–Crippen LogP) is 2.76. The summed E-state index contributed by atoms with van der Waals surface area (Å²) in [6.07, 6.45) is 3.88. The van der Waals surface area contributed by atoms with Crippen LogP contribution in [0.2, 0.25) is 0 Å². The number of allylic oxidation sites excluding steroid dienone is 1. The highest BCUT2D eigenvalue weighted by molar-refractivity contribution is 6.09. The molecular weight excluding hydrogens is 380 g/mol. The summed E-state index contributed by atoms with van der Waals surface area (Å²) in [5.41, 5.74) is 2.93. The first-order chi connectivity index (χ1) is 14.5. The van der Waals surface area contributed by atoms with Gasteiger partial charge in [0.15, 0.2) is 5.78 Å². The van der Waals surface area contributed by atoms with Gasteiger partial charge in [0.2, 0.25) is 0 Å². The van der Waals surface area contributed by atoms with Gasteiger partial charge in [-0.3, -0.25) is 9.69 Å². The number of hydrogen-bond acceptors (Lipinski definition) is 6. The lowest BCUT2D eigenvalue weighted by molar-refractivity contribution is 0.104. The van der Waals surface area contributed by atoms with E-state index in [1.54, 1.807) is 25.3 Å². The molecule has 0 radical (unpaired) electrons. The van der Waals surface area contributed by atoms with Crippen LogP contribution in [0.5, 0.6) is 11.5 Å². The summed E-state index contributed by atoms with van der Waals surface area (Å²) in [5, 5.41) is 23.6. The molecule has 0 saturated carbocycles. The molecule has 30 heavy (non-hydrogen) atoms. The molecule has 3 rings (SSSR count). The Morgan fingerprint density at radius 1 is 1.27 bits per heavy atom. The Bertz CT molecular complexity index is 891. The molecule has 3 N–H and O–H groups in total. The van der Waals surface area contributed by atoms with Crippen molar-refractivity contribution >= 4 is 11.9 Å². The number of nitrogens with one attached hydrogen (secondary N) is 1. The van der Waals surface area contributed by atoms with Crippen LogP contribution in [0, 0.1) is 6.92 Å². The number of ether oxygens (including phenoxy) is 1. The van der Waals surface area contributed by atoms with Gasteiger partial charge in [0.25, 0.3) is 0 Å². The van der Waals surface area contributed by atoms with Gasteiger partial charge in [0.1, 0.15) is 11.5 Å². The summed E-state index contributed by atoms with van der Waals surface area (Å²) in [7, 11) is 1.56. The number of aliphatic hydroxyl groups excluding tert-OH is 1. The number of ketones is 1. The molecule has 1 atom stereocenters. The predicted molar refractivity (Wildman–Crippen MR) is 118 cm³/mol. The number of phenolic OH excluding ortho intramolecular Hbond substituents is 1. The normalized spacial score (nSPS) is 17.4. The molecule has 0 bridgehead atoms. The van der Waals surface area contributed by atoms with Crippen LogP contribution < -0.4 is 10.1 Å². The van der Waals surface area contributed by atoms with Gasteiger partial charge in [-0.05, 0) is 37.1 Å². The quantitative estimate of drug-likeness (QED) is 0.459. The summed E-state index contributed by atoms with van der Waals surface area (Å²) >= 11 is 0. The molecule has 1 aliphatic rings. The van der Waals surface area contributed by atoms with Crippen molar-refractivity contribution in [2.75, 3.05) is 33.4 Å². The number of aliphatic hydroxyl groups is 1. The van der Waals surface area contributed by atoms with Crippen molar-refractivity contribution in [1.82, 2.24) is 10.2 Å². The molecule has 0 aromatic heterocycles. The van der Waals surface area contributed by atoms with Gasteiger partial charge in [0.05, 0.1) is 18.2 Å². The molecule has 6 nitrogen and oxygen atoms in total. The topological polar surface area (TPSA) is 82.0 Å². The first-order valence-electron chi connectivity index (χ1n) is 10.3. The second-order valence-corrected chi connectivity index (χ2v) is 7.59. The Kier molecular flexibility index (Phi) is 7.63. The van der Waals surface area contributed by atoms with Crippen LogP contribution in [0.1, 0.15) is 33.5 Å². The van der Waals surface area contributed by atoms with Crippen LogP contribution in [-0.2, 0) is 6.54 Å². The van der Waals surface area contributed by atoms with Gasteiger partial charge in [-0.2, -0.15) is 0 Å². The van der Waals surface area contributed by atoms with Crippen molar-refractivity contribution in [3.05, 3.63) is 64.7 Å². The van der Waals surface area contributed by atoms with E-state index in [4.69, 9.17) is 4.74 Å². The molecule has 2 aromatic rings. The number of rotatable bonds is 8. The van der Waals surface area contributed by atoms with Crippen LogP contribution >= 0.6 is 0 Å². The summed E-state index contributed by atoms with van der Waals surface area (Å²) in [5.74, 6) is 0.242. The van der Waals surface area contributed by atoms with E-state index in [1.165, 1.54) is 6.08 Å². The molecule has 1 unspecified atom stereocenters. The summed E-state index contributed by atoms with van der Waals surface area (Å²) < 4.78 is 5.46. The standard InChI is InChI=1S/C24H30N2O4/c1-17-3-5-18(6-4-17)7-9-22(28)20-8-10-23(30-2)21(24(20)29)16-26-13-12-25-15-19(26)11-14-27/h3-10,19,25,27,29H,11-16H2,1-2H3/b9-7+. The fourth-order valence-electron chi connectivity index (χ4n) is 3.75. The van der Waals surface area contributed by atoms with Crippen LogP contribution in [0.25, 0.3) is 6.08 Å². The van der Waals surface area contributed by atoms with Crippen molar-refractivity contribution in [3.8, 4) is 11.5 Å². The van der Waals surface area contributed by atoms with E-state index < -0.39 is 0 Å². The number of methoxy groups -OCH3 is 1. The SMILES string of the molecule is COc1ccc(C(=O)/C=C/c2ccc(C)cc2)c(O)c1CN1CCNCC1CCO. The zero-order chi connectivity index (χ0) is 21.5. The molecule has 1 heterocycles. The molecule has 0 aliphatic carbocycles. The molecule has 1 fully saturated rings. The second-order valence-electron chi connectivity index (χ2n) is 7.59. The van der Waals surface area contributed by atoms with Crippen LogP contribution in [-0.4, -0.2) is 60.3 Å². The monoisotopic (exact) mass is 410 g/mol. The molecular formula is C24H30N2O4. The summed E-state index contributed by atoms with van der Waals surface area (Å²) in [6, 6.07) is 11.4. The maximum atomic E-state index is 12.8. The van der Waals surface area contributed by atoms with E-state index >= 15 is 0 Å². The number of aryl methyl sites for hydroxylation is 1. The first-order valence-corrected chi connectivity index (χ1v) is 10.3. The third kappa shape index (κ3) is 5.27. The van der Waals surface area contributed by atoms with Crippen molar-refractivity contribution in [3.63, 3.8) is 0 Å². The minimum Gasteiger partial charge on any atom is -0.507 e. The Hall–Kier alpha value is -2.67. The van der Waals surface area contributed by atoms with Gasteiger partial charge >= 0.3 is 0 Å². The Balaban J connectivity index is 1.84. The number of nitrogens with zero attached hydrogens (tertiary/aromatic N) is 1. The Morgan fingerprint density at radius 3 is 2.73 bits per heavy atom. The highest BCUT2D eigenvalue weighted by atomic mass is 16.5. The zero-order valence-corrected chi connectivity index (χ0v) is 17.6. The molecule has 1 saturated heterocycles. The van der Waals surface area contributed by atoms with Gasteiger partial charge in [-0.1, -0.05) is 35.9 Å². The fourth-order valence-corrected chi connectivity index (χ4v) is 3.75. The minimum atomic E-state index is -0.260. The summed E-state index contributed by atoms with van der Waals surface area (Å²) in [6.45, 7) is 4.97. The number of carbonyl (C=O) groups is 1. The number of carbonyl (C=O) groups excluding carboxylic acids is 1. The number of phenols is 1. The lowest BCUT2D eigenvalue weighted by Gasteiger charge is -2.36. The molecule has 160 valence electrons. The van der Waals surface area contributed by atoms with E-state index in [2.05, 4.69) is 10.2 Å². The van der Waals surface area contributed by atoms with Gasteiger partial charge in [0, 0.05) is 38.8 Å². The molecule has 6 heteroatoms. The largest absolute Gasteiger partial charge is 0.507 e. The van der Waals surface area contributed by atoms with Crippen molar-refractivity contribution in [2.24, 2.45) is 0 Å². The third-order valence-electron chi connectivity index (χ3n) is 5.53. The summed E-state index contributed by atoms with van der Waals surface area (Å²) in [4.78, 5) is 15.0. The van der Waals surface area contributed by atoms with E-state index in [9.17, 15) is 15.0 Å². The number of benzene rings is 2. The van der Waals surface area contributed by atoms with E-state index in [0.717, 1.165) is 30.8 Å². The maximum absolute atomic E-state index is 12.8. The van der Waals surface area contributed by atoms with E-state index in [-0.39, 0.29) is 29.7 Å². The molecule has 0 amide bonds. The number of aromatic hydroxyl groups is 1. The Morgan fingerprint density at radius 2 is 2.03 bits per heavy atom. The van der Waals surface area contributed by atoms with Crippen molar-refractivity contribution in [2.45, 2.75) is 25.9 Å². The molecule has 0 spiro atoms. The highest BCUT2D eigenvalue weighted by Gasteiger charge is 2.25.